The van der Waals surface area contributed by atoms with E-state index in [1.807, 2.05) is 19.1 Å². The summed E-state index contributed by atoms with van der Waals surface area (Å²) in [7, 11) is 0. The van der Waals surface area contributed by atoms with Crippen LogP contribution < -0.4 is 0 Å². The van der Waals surface area contributed by atoms with Crippen LogP contribution in [-0.4, -0.2) is 39.4 Å². The summed E-state index contributed by atoms with van der Waals surface area (Å²) in [6.45, 7) is 1.05. The predicted molar refractivity (Wildman–Crippen MR) is 62.2 cm³/mol. The van der Waals surface area contributed by atoms with Crippen molar-refractivity contribution in [1.29, 1.82) is 0 Å². The number of ketones is 1. The zero-order valence-corrected chi connectivity index (χ0v) is 9.42. The van der Waals surface area contributed by atoms with Crippen molar-refractivity contribution < 1.29 is 20.1 Å². The summed E-state index contributed by atoms with van der Waals surface area (Å²) in [4.78, 5) is 12.0. The molecule has 0 bridgehead atoms. The van der Waals surface area contributed by atoms with Crippen LogP contribution in [0.5, 0.6) is 0 Å². The highest BCUT2D eigenvalue weighted by Crippen LogP contribution is 2.33. The summed E-state index contributed by atoms with van der Waals surface area (Å²) in [5.41, 5.74) is -0.299. The lowest BCUT2D eigenvalue weighted by Gasteiger charge is -2.22. The van der Waals surface area contributed by atoms with E-state index >= 15 is 0 Å². The fraction of sp³-hybridized carbons (Fsp3) is 0.308. The van der Waals surface area contributed by atoms with Gasteiger partial charge in [-0.3, -0.25) is 4.79 Å². The van der Waals surface area contributed by atoms with Gasteiger partial charge < -0.3 is 15.3 Å². The Morgan fingerprint density at radius 1 is 1.35 bits per heavy atom. The van der Waals surface area contributed by atoms with Gasteiger partial charge in [0, 0.05) is 5.57 Å². The molecule has 1 aliphatic rings. The topological polar surface area (TPSA) is 77.8 Å². The molecular formula is C13H14O4. The van der Waals surface area contributed by atoms with E-state index in [2.05, 4.69) is 0 Å². The SMILES string of the molecule is Cc1ccccc1C1=C[C@H](O)[C@@](O)(CO)C1=O. The van der Waals surface area contributed by atoms with Gasteiger partial charge in [0.25, 0.3) is 0 Å². The Morgan fingerprint density at radius 3 is 2.53 bits per heavy atom. The van der Waals surface area contributed by atoms with Gasteiger partial charge in [0.1, 0.15) is 6.10 Å². The first-order chi connectivity index (χ1) is 8.00. The highest BCUT2D eigenvalue weighted by atomic mass is 16.4. The van der Waals surface area contributed by atoms with E-state index in [0.717, 1.165) is 5.56 Å². The molecule has 4 nitrogen and oxygen atoms in total. The van der Waals surface area contributed by atoms with Crippen LogP contribution in [0.2, 0.25) is 0 Å². The molecule has 1 aliphatic carbocycles. The number of carbonyl (C=O) groups is 1. The second-order valence-electron chi connectivity index (χ2n) is 4.25. The van der Waals surface area contributed by atoms with Gasteiger partial charge in [-0.15, -0.1) is 0 Å². The zero-order valence-electron chi connectivity index (χ0n) is 9.42. The number of aliphatic hydroxyl groups excluding tert-OH is 2. The van der Waals surface area contributed by atoms with Crippen molar-refractivity contribution in [2.45, 2.75) is 18.6 Å². The first-order valence-corrected chi connectivity index (χ1v) is 5.34. The molecule has 0 spiro atoms. The van der Waals surface area contributed by atoms with Crippen molar-refractivity contribution in [3.05, 3.63) is 41.5 Å². The van der Waals surface area contributed by atoms with Crippen molar-refractivity contribution in [3.8, 4) is 0 Å². The third-order valence-electron chi connectivity index (χ3n) is 3.13. The van der Waals surface area contributed by atoms with Crippen LogP contribution in [-0.2, 0) is 4.79 Å². The lowest BCUT2D eigenvalue weighted by molar-refractivity contribution is -0.143. The van der Waals surface area contributed by atoms with Crippen molar-refractivity contribution in [3.63, 3.8) is 0 Å². The Bertz CT molecular complexity index is 492. The van der Waals surface area contributed by atoms with E-state index in [4.69, 9.17) is 5.11 Å². The number of hydrogen-bond donors (Lipinski definition) is 3. The fourth-order valence-electron chi connectivity index (χ4n) is 1.99. The summed E-state index contributed by atoms with van der Waals surface area (Å²) in [6, 6.07) is 7.20. The van der Waals surface area contributed by atoms with Crippen molar-refractivity contribution in [1.82, 2.24) is 0 Å². The van der Waals surface area contributed by atoms with Crippen molar-refractivity contribution in [2.24, 2.45) is 0 Å². The monoisotopic (exact) mass is 234 g/mol. The molecule has 1 aromatic carbocycles. The van der Waals surface area contributed by atoms with E-state index in [1.165, 1.54) is 6.08 Å². The Morgan fingerprint density at radius 2 is 2.00 bits per heavy atom. The van der Waals surface area contributed by atoms with E-state index in [9.17, 15) is 15.0 Å². The van der Waals surface area contributed by atoms with Gasteiger partial charge in [0.05, 0.1) is 6.61 Å². The first kappa shape index (κ1) is 12.0. The molecule has 1 aromatic rings. The van der Waals surface area contributed by atoms with E-state index in [0.29, 0.717) is 5.56 Å². The third-order valence-corrected chi connectivity index (χ3v) is 3.13. The summed E-state index contributed by atoms with van der Waals surface area (Å²) in [5, 5.41) is 28.5. The van der Waals surface area contributed by atoms with E-state index in [-0.39, 0.29) is 5.57 Å². The second-order valence-corrected chi connectivity index (χ2v) is 4.25. The van der Waals surface area contributed by atoms with Gasteiger partial charge in [-0.1, -0.05) is 24.3 Å². The highest BCUT2D eigenvalue weighted by molar-refractivity contribution is 6.27. The molecule has 4 heteroatoms. The Balaban J connectivity index is 2.47. The fourth-order valence-corrected chi connectivity index (χ4v) is 1.99. The molecule has 2 rings (SSSR count). The van der Waals surface area contributed by atoms with Crippen LogP contribution in [0.25, 0.3) is 5.57 Å². The van der Waals surface area contributed by atoms with Crippen molar-refractivity contribution >= 4 is 11.4 Å². The maximum atomic E-state index is 12.0. The Labute approximate surface area is 98.8 Å². The van der Waals surface area contributed by atoms with Gasteiger partial charge in [-0.05, 0) is 24.1 Å². The normalized spacial score (nSPS) is 28.4. The van der Waals surface area contributed by atoms with Crippen LogP contribution in [0.3, 0.4) is 0 Å². The summed E-state index contributed by atoms with van der Waals surface area (Å²) in [6.07, 6.45) is -0.0736. The number of Topliss-reactive ketones (excluding diaryl/α,β-unsaturated/α-hetero) is 1. The van der Waals surface area contributed by atoms with Crippen LogP contribution in [0.15, 0.2) is 30.3 Å². The first-order valence-electron chi connectivity index (χ1n) is 5.34. The van der Waals surface area contributed by atoms with Crippen molar-refractivity contribution in [2.75, 3.05) is 6.61 Å². The molecule has 0 radical (unpaired) electrons. The zero-order chi connectivity index (χ0) is 12.6. The summed E-state index contributed by atoms with van der Waals surface area (Å²) < 4.78 is 0. The minimum Gasteiger partial charge on any atom is -0.393 e. The number of benzene rings is 1. The average Bonchev–Trinajstić information content (AvgIpc) is 2.55. The minimum atomic E-state index is -2.10. The minimum absolute atomic E-state index is 0.257. The largest absolute Gasteiger partial charge is 0.393 e. The molecule has 0 aliphatic heterocycles. The number of rotatable bonds is 2. The van der Waals surface area contributed by atoms with E-state index in [1.54, 1.807) is 12.1 Å². The molecule has 90 valence electrons. The molecule has 0 heterocycles. The molecule has 17 heavy (non-hydrogen) atoms. The van der Waals surface area contributed by atoms with E-state index < -0.39 is 24.1 Å². The number of carbonyl (C=O) groups excluding carboxylic acids is 1. The molecular weight excluding hydrogens is 220 g/mol. The molecule has 0 amide bonds. The summed E-state index contributed by atoms with van der Waals surface area (Å²) in [5.74, 6) is -0.637. The summed E-state index contributed by atoms with van der Waals surface area (Å²) >= 11 is 0. The maximum absolute atomic E-state index is 12.0. The molecule has 0 fully saturated rings. The van der Waals surface area contributed by atoms with Gasteiger partial charge in [0.15, 0.2) is 11.4 Å². The Hall–Kier alpha value is -1.49. The average molecular weight is 234 g/mol. The van der Waals surface area contributed by atoms with Crippen LogP contribution in [0.4, 0.5) is 0 Å². The standard InChI is InChI=1S/C13H14O4/c1-8-4-2-3-5-9(8)10-6-11(15)13(17,7-14)12(10)16/h2-6,11,14-15,17H,7H2,1H3/t11-,13-/m0/s1. The lowest BCUT2D eigenvalue weighted by Crippen LogP contribution is -2.48. The maximum Gasteiger partial charge on any atom is 0.200 e. The molecule has 0 aromatic heterocycles. The van der Waals surface area contributed by atoms with Crippen LogP contribution >= 0.6 is 0 Å². The predicted octanol–water partition coefficient (Wildman–Crippen LogP) is 0.0454. The number of aliphatic hydroxyl groups is 3. The Kier molecular flexibility index (Phi) is 2.87. The van der Waals surface area contributed by atoms with Gasteiger partial charge >= 0.3 is 0 Å². The molecule has 2 atom stereocenters. The molecule has 0 saturated heterocycles. The van der Waals surface area contributed by atoms with Gasteiger partial charge in [-0.2, -0.15) is 0 Å². The second kappa shape index (κ2) is 4.07. The highest BCUT2D eigenvalue weighted by Gasteiger charge is 2.48. The van der Waals surface area contributed by atoms with Gasteiger partial charge in [-0.25, -0.2) is 0 Å². The quantitative estimate of drug-likeness (QED) is 0.675. The molecule has 0 saturated carbocycles. The number of aryl methyl sites for hydroxylation is 1. The number of hydrogen-bond acceptors (Lipinski definition) is 4. The molecule has 3 N–H and O–H groups in total. The lowest BCUT2D eigenvalue weighted by atomic mass is 9.93. The van der Waals surface area contributed by atoms with Crippen LogP contribution in [0, 0.1) is 6.92 Å². The molecule has 0 unspecified atom stereocenters. The smallest absolute Gasteiger partial charge is 0.200 e. The van der Waals surface area contributed by atoms with Gasteiger partial charge in [0.2, 0.25) is 0 Å². The van der Waals surface area contributed by atoms with Crippen LogP contribution in [0.1, 0.15) is 11.1 Å². The third kappa shape index (κ3) is 1.70.